The fourth-order valence-electron chi connectivity index (χ4n) is 1.68. The molecule has 0 bridgehead atoms. The minimum atomic E-state index is 0.830. The van der Waals surface area contributed by atoms with Gasteiger partial charge in [-0.2, -0.15) is 0 Å². The van der Waals surface area contributed by atoms with E-state index in [4.69, 9.17) is 4.74 Å². The van der Waals surface area contributed by atoms with Crippen molar-refractivity contribution < 1.29 is 4.74 Å². The van der Waals surface area contributed by atoms with Gasteiger partial charge in [0.05, 0.1) is 6.61 Å². The molecule has 3 heteroatoms. The van der Waals surface area contributed by atoms with Gasteiger partial charge < -0.3 is 10.1 Å². The van der Waals surface area contributed by atoms with Crippen molar-refractivity contribution in [3.05, 3.63) is 24.3 Å². The van der Waals surface area contributed by atoms with Gasteiger partial charge in [0.1, 0.15) is 5.75 Å². The number of ether oxygens (including phenoxy) is 1. The molecule has 0 aliphatic carbocycles. The van der Waals surface area contributed by atoms with E-state index in [1.54, 1.807) is 11.8 Å². The second-order valence-electron chi connectivity index (χ2n) is 4.02. The maximum absolute atomic E-state index is 5.80. The second kappa shape index (κ2) is 9.37. The summed E-state index contributed by atoms with van der Waals surface area (Å²) in [7, 11) is 2.00. The number of rotatable bonds is 9. The number of nitrogens with one attached hydrogen (secondary N) is 1. The van der Waals surface area contributed by atoms with Crippen molar-refractivity contribution in [1.29, 1.82) is 0 Å². The standard InChI is InChI=1S/C14H23NOS/c1-15-11-7-3-4-8-12-16-13-9-5-6-10-14(13)17-2/h5-6,9-10,15H,3-4,7-8,11-12H2,1-2H3. The first kappa shape index (κ1) is 14.4. The van der Waals surface area contributed by atoms with Crippen LogP contribution in [0.5, 0.6) is 5.75 Å². The number of unbranched alkanes of at least 4 members (excludes halogenated alkanes) is 3. The normalized spacial score (nSPS) is 10.5. The van der Waals surface area contributed by atoms with Gasteiger partial charge in [0.25, 0.3) is 0 Å². The highest BCUT2D eigenvalue weighted by Crippen LogP contribution is 2.26. The molecule has 0 fully saturated rings. The van der Waals surface area contributed by atoms with E-state index in [9.17, 15) is 0 Å². The van der Waals surface area contributed by atoms with Crippen LogP contribution in [0, 0.1) is 0 Å². The van der Waals surface area contributed by atoms with Crippen LogP contribution in [0.15, 0.2) is 29.2 Å². The Morgan fingerprint density at radius 3 is 2.65 bits per heavy atom. The summed E-state index contributed by atoms with van der Waals surface area (Å²) in [6.07, 6.45) is 7.03. The third kappa shape index (κ3) is 5.99. The topological polar surface area (TPSA) is 21.3 Å². The summed E-state index contributed by atoms with van der Waals surface area (Å²) in [5, 5.41) is 3.17. The molecule has 0 saturated heterocycles. The van der Waals surface area contributed by atoms with E-state index < -0.39 is 0 Å². The van der Waals surface area contributed by atoms with E-state index in [1.165, 1.54) is 24.2 Å². The van der Waals surface area contributed by atoms with Crippen LogP contribution in [-0.4, -0.2) is 26.5 Å². The molecule has 1 aromatic rings. The van der Waals surface area contributed by atoms with Crippen molar-refractivity contribution in [1.82, 2.24) is 5.32 Å². The fraction of sp³-hybridized carbons (Fsp3) is 0.571. The summed E-state index contributed by atoms with van der Waals surface area (Å²) in [4.78, 5) is 1.22. The van der Waals surface area contributed by atoms with Crippen molar-refractivity contribution in [3.63, 3.8) is 0 Å². The number of para-hydroxylation sites is 1. The van der Waals surface area contributed by atoms with Crippen molar-refractivity contribution in [2.45, 2.75) is 30.6 Å². The molecule has 1 aromatic carbocycles. The average molecular weight is 253 g/mol. The Morgan fingerprint density at radius 1 is 1.12 bits per heavy atom. The van der Waals surface area contributed by atoms with Gasteiger partial charge in [0, 0.05) is 4.90 Å². The smallest absolute Gasteiger partial charge is 0.132 e. The van der Waals surface area contributed by atoms with Gasteiger partial charge in [-0.1, -0.05) is 25.0 Å². The van der Waals surface area contributed by atoms with Crippen molar-refractivity contribution in [2.24, 2.45) is 0 Å². The van der Waals surface area contributed by atoms with Gasteiger partial charge in [0.2, 0.25) is 0 Å². The number of benzene rings is 1. The van der Waals surface area contributed by atoms with E-state index in [0.717, 1.165) is 25.3 Å². The monoisotopic (exact) mass is 253 g/mol. The van der Waals surface area contributed by atoms with Crippen molar-refractivity contribution in [3.8, 4) is 5.75 Å². The summed E-state index contributed by atoms with van der Waals surface area (Å²) in [6, 6.07) is 8.23. The summed E-state index contributed by atoms with van der Waals surface area (Å²) in [6.45, 7) is 1.95. The lowest BCUT2D eigenvalue weighted by molar-refractivity contribution is 0.298. The predicted molar refractivity (Wildman–Crippen MR) is 76.1 cm³/mol. The van der Waals surface area contributed by atoms with E-state index >= 15 is 0 Å². The minimum Gasteiger partial charge on any atom is -0.492 e. The molecule has 0 radical (unpaired) electrons. The minimum absolute atomic E-state index is 0.830. The van der Waals surface area contributed by atoms with Gasteiger partial charge in [-0.25, -0.2) is 0 Å². The summed E-state index contributed by atoms with van der Waals surface area (Å²) in [5.41, 5.74) is 0. The number of thioether (sulfide) groups is 1. The Kier molecular flexibility index (Phi) is 7.93. The average Bonchev–Trinajstić information content (AvgIpc) is 2.38. The molecule has 0 unspecified atom stereocenters. The molecular formula is C14H23NOS. The summed E-state index contributed by atoms with van der Waals surface area (Å²) in [5.74, 6) is 1.02. The molecule has 0 heterocycles. The van der Waals surface area contributed by atoms with Gasteiger partial charge in [-0.15, -0.1) is 11.8 Å². The lowest BCUT2D eigenvalue weighted by atomic mass is 10.2. The second-order valence-corrected chi connectivity index (χ2v) is 4.87. The number of hydrogen-bond acceptors (Lipinski definition) is 3. The Bertz CT molecular complexity index is 304. The zero-order valence-corrected chi connectivity index (χ0v) is 11.7. The third-order valence-corrected chi connectivity index (χ3v) is 3.42. The van der Waals surface area contributed by atoms with Crippen LogP contribution in [0.25, 0.3) is 0 Å². The SMILES string of the molecule is CNCCCCCCOc1ccccc1SC. The highest BCUT2D eigenvalue weighted by atomic mass is 32.2. The molecule has 0 atom stereocenters. The van der Waals surface area contributed by atoms with Crippen molar-refractivity contribution in [2.75, 3.05) is 26.5 Å². The first-order chi connectivity index (χ1) is 8.38. The van der Waals surface area contributed by atoms with Gasteiger partial charge in [0.15, 0.2) is 0 Å². The van der Waals surface area contributed by atoms with Crippen LogP contribution < -0.4 is 10.1 Å². The molecule has 0 aliphatic heterocycles. The summed E-state index contributed by atoms with van der Waals surface area (Å²) < 4.78 is 5.80. The maximum Gasteiger partial charge on any atom is 0.132 e. The van der Waals surface area contributed by atoms with Crippen LogP contribution in [0.3, 0.4) is 0 Å². The van der Waals surface area contributed by atoms with E-state index in [-0.39, 0.29) is 0 Å². The van der Waals surface area contributed by atoms with Crippen LogP contribution in [0.1, 0.15) is 25.7 Å². The molecule has 0 aliphatic rings. The van der Waals surface area contributed by atoms with Crippen molar-refractivity contribution >= 4 is 11.8 Å². The quantitative estimate of drug-likeness (QED) is 0.537. The molecule has 2 nitrogen and oxygen atoms in total. The fourth-order valence-corrected chi connectivity index (χ4v) is 2.22. The predicted octanol–water partition coefficient (Wildman–Crippen LogP) is 3.57. The molecule has 17 heavy (non-hydrogen) atoms. The summed E-state index contributed by atoms with van der Waals surface area (Å²) >= 11 is 1.74. The Labute approximate surface area is 109 Å². The Morgan fingerprint density at radius 2 is 1.88 bits per heavy atom. The molecule has 0 saturated carbocycles. The molecule has 1 rings (SSSR count). The van der Waals surface area contributed by atoms with Crippen LogP contribution in [0.2, 0.25) is 0 Å². The Hall–Kier alpha value is -0.670. The Balaban J connectivity index is 2.13. The molecule has 0 spiro atoms. The lowest BCUT2D eigenvalue weighted by Gasteiger charge is -2.09. The van der Waals surface area contributed by atoms with E-state index in [0.29, 0.717) is 0 Å². The van der Waals surface area contributed by atoms with Gasteiger partial charge >= 0.3 is 0 Å². The highest BCUT2D eigenvalue weighted by Gasteiger charge is 2.00. The maximum atomic E-state index is 5.80. The lowest BCUT2D eigenvalue weighted by Crippen LogP contribution is -2.07. The molecule has 0 aromatic heterocycles. The molecule has 96 valence electrons. The van der Waals surface area contributed by atoms with Gasteiger partial charge in [-0.05, 0) is 44.8 Å². The largest absolute Gasteiger partial charge is 0.492 e. The molecule has 1 N–H and O–H groups in total. The van der Waals surface area contributed by atoms with Crippen LogP contribution in [0.4, 0.5) is 0 Å². The molecule has 0 amide bonds. The first-order valence-corrected chi connectivity index (χ1v) is 7.51. The first-order valence-electron chi connectivity index (χ1n) is 6.29. The highest BCUT2D eigenvalue weighted by molar-refractivity contribution is 7.98. The van der Waals surface area contributed by atoms with Crippen LogP contribution in [-0.2, 0) is 0 Å². The molecular weight excluding hydrogens is 230 g/mol. The zero-order chi connectivity index (χ0) is 12.3. The zero-order valence-electron chi connectivity index (χ0n) is 10.9. The van der Waals surface area contributed by atoms with Gasteiger partial charge in [-0.3, -0.25) is 0 Å². The van der Waals surface area contributed by atoms with E-state index in [1.807, 2.05) is 19.2 Å². The van der Waals surface area contributed by atoms with Crippen LogP contribution >= 0.6 is 11.8 Å². The third-order valence-electron chi connectivity index (χ3n) is 2.65. The number of hydrogen-bond donors (Lipinski definition) is 1. The van der Waals surface area contributed by atoms with E-state index in [2.05, 4.69) is 23.7 Å².